The monoisotopic (exact) mass is 251 g/mol. The second kappa shape index (κ2) is 4.80. The number of terminal acetylenes is 1. The topological polar surface area (TPSA) is 46.9 Å². The summed E-state index contributed by atoms with van der Waals surface area (Å²) in [7, 11) is 0. The van der Waals surface area contributed by atoms with E-state index in [1.165, 1.54) is 17.3 Å². The number of hydrogen-bond donors (Lipinski definition) is 1. The molecule has 1 aliphatic carbocycles. The van der Waals surface area contributed by atoms with Crippen LogP contribution in [0, 0.1) is 24.2 Å². The Kier molecular flexibility index (Phi) is 3.39. The molecule has 4 nitrogen and oxygen atoms in total. The quantitative estimate of drug-likeness (QED) is 0.827. The Bertz CT molecular complexity index is 517. The zero-order chi connectivity index (χ0) is 12.4. The van der Waals surface area contributed by atoms with Crippen molar-refractivity contribution in [2.75, 3.05) is 11.9 Å². The first-order valence-electron chi connectivity index (χ1n) is 5.56. The lowest BCUT2D eigenvalue weighted by atomic mass is 10.3. The summed E-state index contributed by atoms with van der Waals surface area (Å²) in [6.45, 7) is 3.12. The molecule has 0 radical (unpaired) electrons. The fourth-order valence-corrected chi connectivity index (χ4v) is 1.94. The largest absolute Gasteiger partial charge is 0.379 e. The highest BCUT2D eigenvalue weighted by Crippen LogP contribution is 2.37. The second-order valence-electron chi connectivity index (χ2n) is 4.39. The van der Waals surface area contributed by atoms with Gasteiger partial charge in [0.2, 0.25) is 0 Å². The van der Waals surface area contributed by atoms with Crippen molar-refractivity contribution in [1.82, 2.24) is 9.78 Å². The van der Waals surface area contributed by atoms with E-state index in [1.54, 1.807) is 0 Å². The van der Waals surface area contributed by atoms with E-state index in [0.717, 1.165) is 12.5 Å². The molecule has 0 saturated heterocycles. The van der Waals surface area contributed by atoms with Crippen LogP contribution >= 0.6 is 11.6 Å². The molecule has 5 heteroatoms. The van der Waals surface area contributed by atoms with Crippen LogP contribution < -0.4 is 10.9 Å². The molecule has 1 heterocycles. The van der Waals surface area contributed by atoms with Crippen molar-refractivity contribution in [3.05, 3.63) is 21.6 Å². The van der Waals surface area contributed by atoms with Gasteiger partial charge in [-0.1, -0.05) is 24.4 Å². The average Bonchev–Trinajstić information content (AvgIpc) is 2.99. The van der Waals surface area contributed by atoms with Crippen LogP contribution in [0.15, 0.2) is 11.0 Å². The van der Waals surface area contributed by atoms with Crippen molar-refractivity contribution in [2.24, 2.45) is 11.8 Å². The summed E-state index contributed by atoms with van der Waals surface area (Å²) >= 11 is 5.95. The van der Waals surface area contributed by atoms with Gasteiger partial charge >= 0.3 is 0 Å². The van der Waals surface area contributed by atoms with E-state index in [4.69, 9.17) is 18.0 Å². The highest BCUT2D eigenvalue weighted by molar-refractivity contribution is 6.32. The summed E-state index contributed by atoms with van der Waals surface area (Å²) < 4.78 is 1.23. The number of anilines is 1. The number of halogens is 1. The van der Waals surface area contributed by atoms with Crippen molar-refractivity contribution in [1.29, 1.82) is 0 Å². The highest BCUT2D eigenvalue weighted by Gasteiger charge is 2.32. The molecule has 2 rings (SSSR count). The predicted octanol–water partition coefficient (Wildman–Crippen LogP) is 1.60. The van der Waals surface area contributed by atoms with E-state index < -0.39 is 0 Å². The van der Waals surface area contributed by atoms with E-state index in [2.05, 4.69) is 23.3 Å². The molecule has 1 aliphatic rings. The third-order valence-corrected chi connectivity index (χ3v) is 3.34. The van der Waals surface area contributed by atoms with Gasteiger partial charge in [-0.2, -0.15) is 5.10 Å². The van der Waals surface area contributed by atoms with Gasteiger partial charge in [0.25, 0.3) is 5.56 Å². The molecule has 90 valence electrons. The molecule has 0 aromatic carbocycles. The first-order valence-corrected chi connectivity index (χ1v) is 5.94. The summed E-state index contributed by atoms with van der Waals surface area (Å²) in [5, 5.41) is 7.32. The van der Waals surface area contributed by atoms with Gasteiger partial charge in [0.15, 0.2) is 0 Å². The molecule has 0 bridgehead atoms. The molecule has 0 amide bonds. The Labute approximate surface area is 105 Å². The minimum Gasteiger partial charge on any atom is -0.379 e. The van der Waals surface area contributed by atoms with Crippen LogP contribution in [0.3, 0.4) is 0 Å². The molecular formula is C12H14ClN3O. The molecule has 0 spiro atoms. The minimum atomic E-state index is -0.260. The standard InChI is InChI=1S/C12H14ClN3O/c1-3-4-16-12(17)11(10(13)7-15-16)14-6-9-5-8(9)2/h1,7-9,14H,4-6H2,2H3. The normalized spacial score (nSPS) is 21.9. The van der Waals surface area contributed by atoms with Gasteiger partial charge in [-0.25, -0.2) is 4.68 Å². The van der Waals surface area contributed by atoms with Crippen molar-refractivity contribution in [3.63, 3.8) is 0 Å². The van der Waals surface area contributed by atoms with Crippen molar-refractivity contribution in [2.45, 2.75) is 19.9 Å². The van der Waals surface area contributed by atoms with Gasteiger partial charge in [-0.3, -0.25) is 4.79 Å². The van der Waals surface area contributed by atoms with E-state index in [-0.39, 0.29) is 12.1 Å². The van der Waals surface area contributed by atoms with Crippen LogP contribution in [0.1, 0.15) is 13.3 Å². The summed E-state index contributed by atoms with van der Waals surface area (Å²) in [5.74, 6) is 3.76. The minimum absolute atomic E-state index is 0.157. The Morgan fingerprint density at radius 2 is 2.47 bits per heavy atom. The third kappa shape index (κ3) is 2.62. The second-order valence-corrected chi connectivity index (χ2v) is 4.80. The van der Waals surface area contributed by atoms with E-state index in [1.807, 2.05) is 0 Å². The number of rotatable bonds is 4. The van der Waals surface area contributed by atoms with Crippen LogP contribution in [0.4, 0.5) is 5.69 Å². The Hall–Kier alpha value is -1.47. The molecule has 1 aromatic rings. The lowest BCUT2D eigenvalue weighted by molar-refractivity contribution is 0.662. The number of hydrogen-bond acceptors (Lipinski definition) is 3. The van der Waals surface area contributed by atoms with Crippen LogP contribution in [-0.2, 0) is 6.54 Å². The van der Waals surface area contributed by atoms with Gasteiger partial charge in [0.05, 0.1) is 11.2 Å². The van der Waals surface area contributed by atoms with Crippen molar-refractivity contribution < 1.29 is 0 Å². The Morgan fingerprint density at radius 3 is 3.06 bits per heavy atom. The molecule has 1 aromatic heterocycles. The van der Waals surface area contributed by atoms with Gasteiger partial charge in [-0.15, -0.1) is 6.42 Å². The zero-order valence-electron chi connectivity index (χ0n) is 9.61. The summed E-state index contributed by atoms with van der Waals surface area (Å²) in [6.07, 6.45) is 7.81. The lowest BCUT2D eigenvalue weighted by Crippen LogP contribution is -2.26. The SMILES string of the molecule is C#CCn1ncc(Cl)c(NCC2CC2C)c1=O. The highest BCUT2D eigenvalue weighted by atomic mass is 35.5. The van der Waals surface area contributed by atoms with Crippen LogP contribution in [0.25, 0.3) is 0 Å². The van der Waals surface area contributed by atoms with Gasteiger partial charge < -0.3 is 5.32 Å². The van der Waals surface area contributed by atoms with Crippen LogP contribution in [-0.4, -0.2) is 16.3 Å². The maximum absolute atomic E-state index is 12.0. The molecule has 17 heavy (non-hydrogen) atoms. The van der Waals surface area contributed by atoms with Gasteiger partial charge in [0.1, 0.15) is 12.2 Å². The van der Waals surface area contributed by atoms with E-state index in [9.17, 15) is 4.79 Å². The first kappa shape index (κ1) is 12.0. The Morgan fingerprint density at radius 1 is 1.76 bits per heavy atom. The van der Waals surface area contributed by atoms with Crippen molar-refractivity contribution in [3.8, 4) is 12.3 Å². The zero-order valence-corrected chi connectivity index (χ0v) is 10.4. The number of nitrogens with zero attached hydrogens (tertiary/aromatic N) is 2. The molecular weight excluding hydrogens is 238 g/mol. The van der Waals surface area contributed by atoms with Crippen LogP contribution in [0.2, 0.25) is 5.02 Å². The van der Waals surface area contributed by atoms with E-state index >= 15 is 0 Å². The third-order valence-electron chi connectivity index (χ3n) is 3.06. The fourth-order valence-electron chi connectivity index (χ4n) is 1.74. The smallest absolute Gasteiger partial charge is 0.292 e. The molecule has 1 saturated carbocycles. The molecule has 2 unspecified atom stereocenters. The number of nitrogens with one attached hydrogen (secondary N) is 1. The van der Waals surface area contributed by atoms with Gasteiger partial charge in [-0.05, 0) is 18.3 Å². The van der Waals surface area contributed by atoms with E-state index in [0.29, 0.717) is 16.6 Å². The molecule has 1 fully saturated rings. The fraction of sp³-hybridized carbons (Fsp3) is 0.500. The summed E-state index contributed by atoms with van der Waals surface area (Å²) in [5.41, 5.74) is 0.139. The van der Waals surface area contributed by atoms with Gasteiger partial charge in [0, 0.05) is 6.54 Å². The molecule has 2 atom stereocenters. The Balaban J connectivity index is 2.17. The van der Waals surface area contributed by atoms with Crippen molar-refractivity contribution >= 4 is 17.3 Å². The first-order chi connectivity index (χ1) is 8.13. The summed E-state index contributed by atoms with van der Waals surface area (Å²) in [4.78, 5) is 12.0. The maximum atomic E-state index is 12.0. The molecule has 0 aliphatic heterocycles. The average molecular weight is 252 g/mol. The lowest BCUT2D eigenvalue weighted by Gasteiger charge is -2.08. The summed E-state index contributed by atoms with van der Waals surface area (Å²) in [6, 6.07) is 0. The number of aromatic nitrogens is 2. The maximum Gasteiger partial charge on any atom is 0.292 e. The predicted molar refractivity (Wildman–Crippen MR) is 68.1 cm³/mol. The van der Waals surface area contributed by atoms with Crippen LogP contribution in [0.5, 0.6) is 0 Å². The molecule has 1 N–H and O–H groups in total.